The van der Waals surface area contributed by atoms with E-state index in [1.54, 1.807) is 0 Å². The first kappa shape index (κ1) is 19.5. The summed E-state index contributed by atoms with van der Waals surface area (Å²) in [6.07, 6.45) is 0. The van der Waals surface area contributed by atoms with Gasteiger partial charge in [0.1, 0.15) is 23.3 Å². The summed E-state index contributed by atoms with van der Waals surface area (Å²) in [6.45, 7) is 0. The molecule has 0 saturated carbocycles. The van der Waals surface area contributed by atoms with E-state index in [0.717, 1.165) is 11.1 Å². The zero-order valence-corrected chi connectivity index (χ0v) is 15.7. The number of nitriles is 2. The molecule has 4 N–H and O–H groups in total. The van der Waals surface area contributed by atoms with Gasteiger partial charge in [-0.3, -0.25) is 0 Å². The number of benzene rings is 2. The maximum Gasteiger partial charge on any atom is 0.103 e. The van der Waals surface area contributed by atoms with Crippen LogP contribution >= 0.6 is 23.5 Å². The van der Waals surface area contributed by atoms with Crippen molar-refractivity contribution in [3.63, 3.8) is 0 Å². The summed E-state index contributed by atoms with van der Waals surface area (Å²) in [4.78, 5) is 0. The molecule has 0 heterocycles. The minimum Gasteiger partial charge on any atom is -0.392 e. The van der Waals surface area contributed by atoms with Crippen LogP contribution in [0.1, 0.15) is 11.1 Å². The summed E-state index contributed by atoms with van der Waals surface area (Å²) >= 11 is 2.65. The van der Waals surface area contributed by atoms with E-state index in [-0.39, 0.29) is 11.1 Å². The second-order valence-electron chi connectivity index (χ2n) is 5.25. The molecule has 0 unspecified atom stereocenters. The first-order valence-electron chi connectivity index (χ1n) is 7.79. The minimum absolute atomic E-state index is 0.131. The molecule has 4 nitrogen and oxygen atoms in total. The molecule has 0 atom stereocenters. The van der Waals surface area contributed by atoms with Crippen LogP contribution < -0.4 is 11.5 Å². The summed E-state index contributed by atoms with van der Waals surface area (Å²) in [5, 5.41) is 19.6. The van der Waals surface area contributed by atoms with Crippen LogP contribution in [0.2, 0.25) is 0 Å². The lowest BCUT2D eigenvalue weighted by molar-refractivity contribution is 1.33. The molecule has 26 heavy (non-hydrogen) atoms. The molecule has 0 aliphatic carbocycles. The SMILES string of the molecule is N#CC(=C(N)SCc1ccccc1)C(C#N)=C(N)SCc1ccccc1. The van der Waals surface area contributed by atoms with Crippen LogP contribution in [0.15, 0.2) is 81.9 Å². The first-order chi connectivity index (χ1) is 12.7. The van der Waals surface area contributed by atoms with E-state index in [1.165, 1.54) is 23.5 Å². The van der Waals surface area contributed by atoms with E-state index in [0.29, 0.717) is 21.6 Å². The van der Waals surface area contributed by atoms with Crippen LogP contribution in [0.4, 0.5) is 0 Å². The molecule has 2 aromatic carbocycles. The lowest BCUT2D eigenvalue weighted by Crippen LogP contribution is -2.05. The molecule has 0 amide bonds. The summed E-state index contributed by atoms with van der Waals surface area (Å²) < 4.78 is 0. The zero-order valence-electron chi connectivity index (χ0n) is 14.1. The Morgan fingerprint density at radius 3 is 1.35 bits per heavy atom. The lowest BCUT2D eigenvalue weighted by atomic mass is 10.1. The molecule has 0 bridgehead atoms. The smallest absolute Gasteiger partial charge is 0.103 e. The van der Waals surface area contributed by atoms with Gasteiger partial charge >= 0.3 is 0 Å². The Kier molecular flexibility index (Phi) is 7.70. The fourth-order valence-corrected chi connectivity index (χ4v) is 3.70. The van der Waals surface area contributed by atoms with Crippen LogP contribution in [0.5, 0.6) is 0 Å². The summed E-state index contributed by atoms with van der Waals surface area (Å²) in [6, 6.07) is 23.6. The van der Waals surface area contributed by atoms with Gasteiger partial charge in [-0.05, 0) is 11.1 Å². The van der Waals surface area contributed by atoms with Crippen LogP contribution in [-0.2, 0) is 11.5 Å². The molecule has 0 aliphatic rings. The predicted molar refractivity (Wildman–Crippen MR) is 109 cm³/mol. The van der Waals surface area contributed by atoms with Gasteiger partial charge in [-0.1, -0.05) is 60.7 Å². The zero-order chi connectivity index (χ0) is 18.8. The molecular formula is C20H18N4S2. The van der Waals surface area contributed by atoms with Crippen molar-refractivity contribution < 1.29 is 0 Å². The van der Waals surface area contributed by atoms with Crippen molar-refractivity contribution in [2.45, 2.75) is 11.5 Å². The Bertz CT molecular complexity index is 800. The molecule has 0 radical (unpaired) electrons. The molecule has 2 aromatic rings. The average molecular weight is 379 g/mol. The average Bonchev–Trinajstić information content (AvgIpc) is 2.69. The van der Waals surface area contributed by atoms with Gasteiger partial charge in [0, 0.05) is 11.5 Å². The minimum atomic E-state index is 0.131. The van der Waals surface area contributed by atoms with Gasteiger partial charge < -0.3 is 11.5 Å². The standard InChI is InChI=1S/C20H18N4S2/c21-11-17(19(23)25-13-15-7-3-1-4-8-15)18(12-22)20(24)26-14-16-9-5-2-6-10-16/h1-10H,13-14,23-24H2. The van der Waals surface area contributed by atoms with E-state index in [1.807, 2.05) is 72.8 Å². The van der Waals surface area contributed by atoms with Gasteiger partial charge in [0.05, 0.1) is 10.1 Å². The quantitative estimate of drug-likeness (QED) is 0.552. The van der Waals surface area contributed by atoms with Crippen LogP contribution in [0.25, 0.3) is 0 Å². The van der Waals surface area contributed by atoms with Crippen LogP contribution in [0.3, 0.4) is 0 Å². The van der Waals surface area contributed by atoms with Crippen LogP contribution in [0, 0.1) is 22.7 Å². The number of hydrogen-bond donors (Lipinski definition) is 2. The number of rotatable bonds is 7. The van der Waals surface area contributed by atoms with E-state index in [2.05, 4.69) is 0 Å². The highest BCUT2D eigenvalue weighted by Gasteiger charge is 2.15. The Morgan fingerprint density at radius 2 is 1.04 bits per heavy atom. The Hall–Kier alpha value is -2.80. The highest BCUT2D eigenvalue weighted by molar-refractivity contribution is 8.02. The predicted octanol–water partition coefficient (Wildman–Crippen LogP) is 4.24. The van der Waals surface area contributed by atoms with Gasteiger partial charge in [0.25, 0.3) is 0 Å². The number of hydrogen-bond acceptors (Lipinski definition) is 6. The summed E-state index contributed by atoms with van der Waals surface area (Å²) in [7, 11) is 0. The Morgan fingerprint density at radius 1 is 0.692 bits per heavy atom. The topological polar surface area (TPSA) is 99.6 Å². The monoisotopic (exact) mass is 378 g/mol. The van der Waals surface area contributed by atoms with Gasteiger partial charge in [0.2, 0.25) is 0 Å². The highest BCUT2D eigenvalue weighted by atomic mass is 32.2. The van der Waals surface area contributed by atoms with Gasteiger partial charge in [0.15, 0.2) is 0 Å². The van der Waals surface area contributed by atoms with Gasteiger partial charge in [-0.25, -0.2) is 0 Å². The van der Waals surface area contributed by atoms with E-state index in [4.69, 9.17) is 11.5 Å². The maximum absolute atomic E-state index is 9.48. The maximum atomic E-state index is 9.48. The van der Waals surface area contributed by atoms with E-state index < -0.39 is 0 Å². The van der Waals surface area contributed by atoms with E-state index >= 15 is 0 Å². The van der Waals surface area contributed by atoms with Crippen molar-refractivity contribution in [3.8, 4) is 12.1 Å². The molecule has 0 aliphatic heterocycles. The molecule has 0 fully saturated rings. The summed E-state index contributed by atoms with van der Waals surface area (Å²) in [5.74, 6) is 1.24. The molecule has 6 heteroatoms. The van der Waals surface area contributed by atoms with E-state index in [9.17, 15) is 10.5 Å². The fourth-order valence-electron chi connectivity index (χ4n) is 2.08. The number of thioether (sulfide) groups is 2. The molecule has 0 spiro atoms. The largest absolute Gasteiger partial charge is 0.392 e. The third kappa shape index (κ3) is 5.63. The third-order valence-electron chi connectivity index (χ3n) is 3.44. The Labute approximate surface area is 162 Å². The summed E-state index contributed by atoms with van der Waals surface area (Å²) in [5.41, 5.74) is 14.6. The molecule has 0 saturated heterocycles. The van der Waals surface area contributed by atoms with Crippen LogP contribution in [-0.4, -0.2) is 0 Å². The second kappa shape index (κ2) is 10.2. The third-order valence-corrected chi connectivity index (χ3v) is 5.43. The fraction of sp³-hybridized carbons (Fsp3) is 0.100. The van der Waals surface area contributed by atoms with Crippen molar-refractivity contribution in [1.82, 2.24) is 0 Å². The van der Waals surface area contributed by atoms with Crippen molar-refractivity contribution in [3.05, 3.63) is 93.0 Å². The second-order valence-corrected chi connectivity index (χ2v) is 7.29. The number of nitrogens with two attached hydrogens (primary N) is 2. The molecule has 2 rings (SSSR count). The van der Waals surface area contributed by atoms with Gasteiger partial charge in [-0.15, -0.1) is 23.5 Å². The molecule has 0 aromatic heterocycles. The van der Waals surface area contributed by atoms with Gasteiger partial charge in [-0.2, -0.15) is 10.5 Å². The van der Waals surface area contributed by atoms with Crippen molar-refractivity contribution in [2.24, 2.45) is 11.5 Å². The Balaban J connectivity index is 2.15. The lowest BCUT2D eigenvalue weighted by Gasteiger charge is -2.08. The van der Waals surface area contributed by atoms with Crippen molar-refractivity contribution >= 4 is 23.5 Å². The van der Waals surface area contributed by atoms with Crippen molar-refractivity contribution in [2.75, 3.05) is 0 Å². The molecule has 130 valence electrons. The number of nitrogens with zero attached hydrogens (tertiary/aromatic N) is 2. The number of allylic oxidation sites excluding steroid dienone is 2. The first-order valence-corrected chi connectivity index (χ1v) is 9.76. The highest BCUT2D eigenvalue weighted by Crippen LogP contribution is 2.28. The normalized spacial score (nSPS) is 12.4. The molecular weight excluding hydrogens is 360 g/mol. The van der Waals surface area contributed by atoms with Crippen molar-refractivity contribution in [1.29, 1.82) is 10.5 Å².